The van der Waals surface area contributed by atoms with Crippen LogP contribution in [0.1, 0.15) is 13.3 Å². The zero-order valence-electron chi connectivity index (χ0n) is 9.23. The van der Waals surface area contributed by atoms with E-state index in [2.05, 4.69) is 9.47 Å². The van der Waals surface area contributed by atoms with Crippen molar-refractivity contribution in [2.45, 2.75) is 13.3 Å². The van der Waals surface area contributed by atoms with Gasteiger partial charge in [0.05, 0.1) is 14.2 Å². The van der Waals surface area contributed by atoms with Crippen LogP contribution in [0, 0.1) is 5.92 Å². The highest BCUT2D eigenvalue weighted by molar-refractivity contribution is 5.94. The van der Waals surface area contributed by atoms with Crippen molar-refractivity contribution in [3.05, 3.63) is 24.3 Å². The average molecular weight is 212 g/mol. The lowest BCUT2D eigenvalue weighted by Gasteiger charge is -2.09. The van der Waals surface area contributed by atoms with E-state index in [0.717, 1.165) is 0 Å². The first-order valence-electron chi connectivity index (χ1n) is 4.60. The Morgan fingerprint density at radius 3 is 2.07 bits per heavy atom. The zero-order valence-corrected chi connectivity index (χ0v) is 9.23. The normalized spacial score (nSPS) is 11.2. The third-order valence-electron chi connectivity index (χ3n) is 1.78. The second kappa shape index (κ2) is 7.79. The predicted molar refractivity (Wildman–Crippen MR) is 56.1 cm³/mol. The van der Waals surface area contributed by atoms with Crippen LogP contribution in [0.4, 0.5) is 0 Å². The minimum absolute atomic E-state index is 0.281. The van der Waals surface area contributed by atoms with Crippen LogP contribution in [-0.2, 0) is 19.1 Å². The summed E-state index contributed by atoms with van der Waals surface area (Å²) in [6, 6.07) is 0. The van der Waals surface area contributed by atoms with E-state index < -0.39 is 17.9 Å². The molecule has 0 rings (SSSR count). The molecule has 15 heavy (non-hydrogen) atoms. The molecule has 84 valence electrons. The molecule has 0 fully saturated rings. The van der Waals surface area contributed by atoms with Gasteiger partial charge in [0.15, 0.2) is 5.92 Å². The summed E-state index contributed by atoms with van der Waals surface area (Å²) in [6.07, 6.45) is 7.43. The Bertz CT molecular complexity index is 250. The van der Waals surface area contributed by atoms with Crippen molar-refractivity contribution in [1.82, 2.24) is 0 Å². The Balaban J connectivity index is 4.38. The number of rotatable bonds is 5. The molecular formula is C11H16O4. The van der Waals surface area contributed by atoms with E-state index in [9.17, 15) is 9.59 Å². The SMILES string of the molecule is CC=CC=CCC(C(=O)OC)C(=O)OC. The molecule has 0 aliphatic rings. The van der Waals surface area contributed by atoms with Gasteiger partial charge in [-0.05, 0) is 13.3 Å². The Morgan fingerprint density at radius 2 is 1.67 bits per heavy atom. The summed E-state index contributed by atoms with van der Waals surface area (Å²) in [4.78, 5) is 22.4. The molecular weight excluding hydrogens is 196 g/mol. The maximum absolute atomic E-state index is 11.2. The van der Waals surface area contributed by atoms with E-state index in [1.807, 2.05) is 19.1 Å². The number of hydrogen-bond acceptors (Lipinski definition) is 4. The van der Waals surface area contributed by atoms with E-state index >= 15 is 0 Å². The first-order valence-corrected chi connectivity index (χ1v) is 4.60. The van der Waals surface area contributed by atoms with Crippen molar-refractivity contribution in [3.8, 4) is 0 Å². The van der Waals surface area contributed by atoms with Crippen molar-refractivity contribution in [1.29, 1.82) is 0 Å². The van der Waals surface area contributed by atoms with E-state index in [0.29, 0.717) is 0 Å². The maximum Gasteiger partial charge on any atom is 0.320 e. The van der Waals surface area contributed by atoms with Crippen LogP contribution < -0.4 is 0 Å². The number of carbonyl (C=O) groups excluding carboxylic acids is 2. The van der Waals surface area contributed by atoms with E-state index in [1.165, 1.54) is 14.2 Å². The van der Waals surface area contributed by atoms with Gasteiger partial charge in [0.25, 0.3) is 0 Å². The summed E-state index contributed by atoms with van der Waals surface area (Å²) in [5.74, 6) is -2.03. The molecule has 4 heteroatoms. The number of hydrogen-bond donors (Lipinski definition) is 0. The largest absolute Gasteiger partial charge is 0.468 e. The minimum atomic E-state index is -0.874. The fourth-order valence-corrected chi connectivity index (χ4v) is 0.978. The predicted octanol–water partition coefficient (Wildman–Crippen LogP) is 1.47. The standard InChI is InChI=1S/C11H16O4/c1-4-5-6-7-8-9(10(12)14-2)11(13)15-3/h4-7,9H,8H2,1-3H3. The third-order valence-corrected chi connectivity index (χ3v) is 1.78. The van der Waals surface area contributed by atoms with E-state index in [1.54, 1.807) is 12.2 Å². The van der Waals surface area contributed by atoms with Crippen LogP contribution in [-0.4, -0.2) is 26.2 Å². The molecule has 0 aliphatic heterocycles. The van der Waals surface area contributed by atoms with Crippen LogP contribution in [0.3, 0.4) is 0 Å². The van der Waals surface area contributed by atoms with Gasteiger partial charge in [-0.25, -0.2) is 0 Å². The van der Waals surface area contributed by atoms with Gasteiger partial charge in [-0.3, -0.25) is 9.59 Å². The lowest BCUT2D eigenvalue weighted by Crippen LogP contribution is -2.25. The molecule has 0 aromatic carbocycles. The highest BCUT2D eigenvalue weighted by Gasteiger charge is 2.26. The topological polar surface area (TPSA) is 52.6 Å². The molecule has 4 nitrogen and oxygen atoms in total. The molecule has 0 aromatic rings. The van der Waals surface area contributed by atoms with E-state index in [-0.39, 0.29) is 6.42 Å². The van der Waals surface area contributed by atoms with Crippen LogP contribution in [0.15, 0.2) is 24.3 Å². The van der Waals surface area contributed by atoms with Gasteiger partial charge in [-0.1, -0.05) is 24.3 Å². The van der Waals surface area contributed by atoms with Crippen molar-refractivity contribution in [2.24, 2.45) is 5.92 Å². The molecule has 0 aromatic heterocycles. The molecule has 0 radical (unpaired) electrons. The van der Waals surface area contributed by atoms with Gasteiger partial charge >= 0.3 is 11.9 Å². The molecule has 0 atom stereocenters. The molecule has 0 aliphatic carbocycles. The molecule has 0 amide bonds. The molecule has 0 unspecified atom stereocenters. The highest BCUT2D eigenvalue weighted by atomic mass is 16.5. The fourth-order valence-electron chi connectivity index (χ4n) is 0.978. The monoisotopic (exact) mass is 212 g/mol. The number of esters is 2. The quantitative estimate of drug-likeness (QED) is 0.393. The molecule has 0 bridgehead atoms. The van der Waals surface area contributed by atoms with Crippen molar-refractivity contribution in [3.63, 3.8) is 0 Å². The van der Waals surface area contributed by atoms with Crippen molar-refractivity contribution in [2.75, 3.05) is 14.2 Å². The zero-order chi connectivity index (χ0) is 11.7. The summed E-state index contributed by atoms with van der Waals surface area (Å²) in [7, 11) is 2.49. The average Bonchev–Trinajstić information content (AvgIpc) is 2.27. The van der Waals surface area contributed by atoms with Gasteiger partial charge in [-0.2, -0.15) is 0 Å². The molecule has 0 N–H and O–H groups in total. The number of methoxy groups -OCH3 is 2. The van der Waals surface area contributed by atoms with Crippen LogP contribution in [0.5, 0.6) is 0 Å². The highest BCUT2D eigenvalue weighted by Crippen LogP contribution is 2.08. The Hall–Kier alpha value is -1.58. The molecule has 0 heterocycles. The Kier molecular flexibility index (Phi) is 6.97. The molecule has 0 saturated carbocycles. The first-order chi connectivity index (χ1) is 7.17. The fraction of sp³-hybridized carbons (Fsp3) is 0.455. The van der Waals surface area contributed by atoms with Gasteiger partial charge in [0.2, 0.25) is 0 Å². The van der Waals surface area contributed by atoms with E-state index in [4.69, 9.17) is 0 Å². The van der Waals surface area contributed by atoms with Crippen LogP contribution in [0.25, 0.3) is 0 Å². The number of ether oxygens (including phenoxy) is 2. The Morgan fingerprint density at radius 1 is 1.13 bits per heavy atom. The molecule has 0 spiro atoms. The minimum Gasteiger partial charge on any atom is -0.468 e. The number of allylic oxidation sites excluding steroid dienone is 4. The first kappa shape index (κ1) is 13.4. The van der Waals surface area contributed by atoms with Crippen molar-refractivity contribution >= 4 is 11.9 Å². The Labute approximate surface area is 89.6 Å². The van der Waals surface area contributed by atoms with Gasteiger partial charge in [0.1, 0.15) is 0 Å². The van der Waals surface area contributed by atoms with Gasteiger partial charge in [0, 0.05) is 0 Å². The third kappa shape index (κ3) is 5.00. The second-order valence-corrected chi connectivity index (χ2v) is 2.79. The summed E-state index contributed by atoms with van der Waals surface area (Å²) < 4.78 is 9.00. The summed E-state index contributed by atoms with van der Waals surface area (Å²) in [5, 5.41) is 0. The second-order valence-electron chi connectivity index (χ2n) is 2.79. The van der Waals surface area contributed by atoms with Crippen LogP contribution >= 0.6 is 0 Å². The summed E-state index contributed by atoms with van der Waals surface area (Å²) >= 11 is 0. The summed E-state index contributed by atoms with van der Waals surface area (Å²) in [5.41, 5.74) is 0. The van der Waals surface area contributed by atoms with Gasteiger partial charge < -0.3 is 9.47 Å². The summed E-state index contributed by atoms with van der Waals surface area (Å²) in [6.45, 7) is 1.88. The maximum atomic E-state index is 11.2. The lowest BCUT2D eigenvalue weighted by atomic mass is 10.1. The number of carbonyl (C=O) groups is 2. The van der Waals surface area contributed by atoms with Gasteiger partial charge in [-0.15, -0.1) is 0 Å². The lowest BCUT2D eigenvalue weighted by molar-refractivity contribution is -0.158. The van der Waals surface area contributed by atoms with Crippen LogP contribution in [0.2, 0.25) is 0 Å². The van der Waals surface area contributed by atoms with Crippen molar-refractivity contribution < 1.29 is 19.1 Å². The molecule has 0 saturated heterocycles. The smallest absolute Gasteiger partial charge is 0.320 e.